The minimum absolute atomic E-state index is 0.0206. The van der Waals surface area contributed by atoms with E-state index in [9.17, 15) is 30.0 Å². The first-order valence-electron chi connectivity index (χ1n) is 8.69. The fourth-order valence-corrected chi connectivity index (χ4v) is 2.84. The molecule has 146 valence electrons. The molecule has 0 heterocycles. The van der Waals surface area contributed by atoms with Crippen LogP contribution in [0.2, 0.25) is 0 Å². The lowest BCUT2D eigenvalue weighted by molar-refractivity contribution is -0.133. The Balaban J connectivity index is 2.99. The van der Waals surface area contributed by atoms with E-state index >= 15 is 0 Å². The molecule has 0 unspecified atom stereocenters. The molecule has 1 aliphatic rings. The molecule has 1 aliphatic carbocycles. The molecule has 7 nitrogen and oxygen atoms in total. The third-order valence-electron chi connectivity index (χ3n) is 4.50. The summed E-state index contributed by atoms with van der Waals surface area (Å²) in [5.41, 5.74) is 0.254. The molecule has 0 spiro atoms. The van der Waals surface area contributed by atoms with Crippen LogP contribution in [0.3, 0.4) is 0 Å². The number of aliphatic hydroxyl groups excluding tert-OH is 4. The maximum atomic E-state index is 12.7. The van der Waals surface area contributed by atoms with Crippen molar-refractivity contribution in [1.82, 2.24) is 0 Å². The molecule has 1 rings (SSSR count). The van der Waals surface area contributed by atoms with Crippen molar-refractivity contribution >= 4 is 11.8 Å². The van der Waals surface area contributed by atoms with Gasteiger partial charge in [0.05, 0.1) is 24.7 Å². The second kappa shape index (κ2) is 10.4. The highest BCUT2D eigenvalue weighted by Gasteiger charge is 2.40. The Morgan fingerprint density at radius 3 is 2.50 bits per heavy atom. The van der Waals surface area contributed by atoms with Crippen LogP contribution in [0.25, 0.3) is 0 Å². The molecule has 0 amide bonds. The van der Waals surface area contributed by atoms with Crippen molar-refractivity contribution in [2.45, 2.75) is 57.8 Å². The molecule has 7 heteroatoms. The van der Waals surface area contributed by atoms with Crippen LogP contribution in [0.5, 0.6) is 0 Å². The van der Waals surface area contributed by atoms with E-state index in [-0.39, 0.29) is 23.1 Å². The smallest absolute Gasteiger partial charge is 0.330 e. The van der Waals surface area contributed by atoms with Gasteiger partial charge in [0.2, 0.25) is 0 Å². The molecule has 0 radical (unpaired) electrons. The van der Waals surface area contributed by atoms with E-state index in [1.54, 1.807) is 13.0 Å². The zero-order valence-corrected chi connectivity index (χ0v) is 15.1. The number of hydrogen-bond acceptors (Lipinski definition) is 6. The first-order chi connectivity index (χ1) is 12.2. The molecule has 0 saturated heterocycles. The van der Waals surface area contributed by atoms with E-state index in [0.717, 1.165) is 6.42 Å². The van der Waals surface area contributed by atoms with Crippen LogP contribution in [0.1, 0.15) is 39.5 Å². The predicted molar refractivity (Wildman–Crippen MR) is 95.3 cm³/mol. The van der Waals surface area contributed by atoms with E-state index in [2.05, 4.69) is 0 Å². The molecule has 4 atom stereocenters. The number of allylic oxidation sites excluding steroid dienone is 4. The lowest BCUT2D eigenvalue weighted by Crippen LogP contribution is -2.45. The molecule has 0 saturated carbocycles. The number of ketones is 1. The highest BCUT2D eigenvalue weighted by Crippen LogP contribution is 2.31. The van der Waals surface area contributed by atoms with Gasteiger partial charge in [0.15, 0.2) is 5.78 Å². The van der Waals surface area contributed by atoms with Gasteiger partial charge in [0.1, 0.15) is 6.10 Å². The summed E-state index contributed by atoms with van der Waals surface area (Å²) in [7, 11) is 0. The number of carboxylic acids is 1. The topological polar surface area (TPSA) is 135 Å². The molecule has 0 aromatic rings. The molecule has 0 aromatic carbocycles. The van der Waals surface area contributed by atoms with Crippen molar-refractivity contribution in [3.8, 4) is 0 Å². The number of Topliss-reactive ketones (excluding diaryl/α,β-unsaturated/α-hetero) is 1. The van der Waals surface area contributed by atoms with Crippen LogP contribution in [-0.4, -0.2) is 62.2 Å². The van der Waals surface area contributed by atoms with Crippen LogP contribution >= 0.6 is 0 Å². The lowest BCUT2D eigenvalue weighted by Gasteiger charge is -2.33. The first kappa shape index (κ1) is 22.2. The van der Waals surface area contributed by atoms with Gasteiger partial charge in [-0.15, -0.1) is 0 Å². The largest absolute Gasteiger partial charge is 0.478 e. The standard InChI is InChI=1S/C19H28O7/c1-11(19(25)26)8-9-14-16(22)13(7-5-3-4-6-12(2)21)15(10-20)18(24)17(14)23/h5,7-8,12,14,17-18,20-21,23-24H,3-4,6,9-10H2,1-2H3,(H,25,26)/b7-5+,11-8+/t12-,14-,17+,18-/m1/s1. The summed E-state index contributed by atoms with van der Waals surface area (Å²) in [5, 5.41) is 48.0. The molecule has 0 aromatic heterocycles. The number of aliphatic carboxylic acids is 1. The Morgan fingerprint density at radius 2 is 1.96 bits per heavy atom. The predicted octanol–water partition coefficient (Wildman–Crippen LogP) is 0.724. The second-order valence-electron chi connectivity index (χ2n) is 6.61. The lowest BCUT2D eigenvalue weighted by atomic mass is 9.77. The van der Waals surface area contributed by atoms with Gasteiger partial charge < -0.3 is 25.5 Å². The van der Waals surface area contributed by atoms with Gasteiger partial charge in [-0.3, -0.25) is 4.79 Å². The summed E-state index contributed by atoms with van der Waals surface area (Å²) in [6, 6.07) is 0. The SMILES string of the molecule is C/C(=C\C[C@@H]1C(=O)C(/C=C/CCC[C@@H](C)O)=C(CO)[C@@H](O)[C@H]1O)C(=O)O. The van der Waals surface area contributed by atoms with Gasteiger partial charge >= 0.3 is 5.97 Å². The van der Waals surface area contributed by atoms with Crippen LogP contribution in [0.4, 0.5) is 0 Å². The van der Waals surface area contributed by atoms with Gasteiger partial charge in [-0.1, -0.05) is 18.2 Å². The Kier molecular flexibility index (Phi) is 8.87. The minimum atomic E-state index is -1.41. The van der Waals surface area contributed by atoms with Crippen LogP contribution < -0.4 is 0 Å². The normalized spacial score (nSPS) is 25.8. The van der Waals surface area contributed by atoms with Gasteiger partial charge in [-0.2, -0.15) is 0 Å². The second-order valence-corrected chi connectivity index (χ2v) is 6.61. The third-order valence-corrected chi connectivity index (χ3v) is 4.50. The maximum Gasteiger partial charge on any atom is 0.330 e. The Morgan fingerprint density at radius 1 is 1.31 bits per heavy atom. The van der Waals surface area contributed by atoms with E-state index in [1.807, 2.05) is 0 Å². The summed E-state index contributed by atoms with van der Waals surface area (Å²) in [6.45, 7) is 2.51. The molecule has 5 N–H and O–H groups in total. The molecular formula is C19H28O7. The molecule has 0 aliphatic heterocycles. The summed E-state index contributed by atoms with van der Waals surface area (Å²) < 4.78 is 0. The average molecular weight is 368 g/mol. The number of carboxylic acid groups (broad SMARTS) is 1. The monoisotopic (exact) mass is 368 g/mol. The van der Waals surface area contributed by atoms with Gasteiger partial charge in [0, 0.05) is 11.1 Å². The number of carbonyl (C=O) groups is 2. The Hall–Kier alpha value is -1.80. The quantitative estimate of drug-likeness (QED) is 0.299. The number of unbranched alkanes of at least 4 members (excludes halogenated alkanes) is 1. The van der Waals surface area contributed by atoms with Crippen LogP contribution in [-0.2, 0) is 9.59 Å². The molecular weight excluding hydrogens is 340 g/mol. The molecule has 26 heavy (non-hydrogen) atoms. The fraction of sp³-hybridized carbons (Fsp3) is 0.579. The van der Waals surface area contributed by atoms with Crippen molar-refractivity contribution in [3.63, 3.8) is 0 Å². The number of hydrogen-bond donors (Lipinski definition) is 5. The third kappa shape index (κ3) is 5.88. The molecule has 0 bridgehead atoms. The van der Waals surface area contributed by atoms with Gasteiger partial charge in [-0.05, 0) is 45.1 Å². The van der Waals surface area contributed by atoms with Crippen molar-refractivity contribution in [3.05, 3.63) is 34.9 Å². The van der Waals surface area contributed by atoms with Gasteiger partial charge in [0.25, 0.3) is 0 Å². The Labute approximate surface area is 153 Å². The fourth-order valence-electron chi connectivity index (χ4n) is 2.84. The summed E-state index contributed by atoms with van der Waals surface area (Å²) in [4.78, 5) is 23.6. The summed E-state index contributed by atoms with van der Waals surface area (Å²) in [5.74, 6) is -2.53. The van der Waals surface area contributed by atoms with Crippen molar-refractivity contribution in [2.24, 2.45) is 5.92 Å². The highest BCUT2D eigenvalue weighted by atomic mass is 16.4. The molecule has 0 fully saturated rings. The van der Waals surface area contributed by atoms with E-state index < -0.39 is 42.6 Å². The minimum Gasteiger partial charge on any atom is -0.478 e. The van der Waals surface area contributed by atoms with Crippen molar-refractivity contribution in [1.29, 1.82) is 0 Å². The maximum absolute atomic E-state index is 12.7. The summed E-state index contributed by atoms with van der Waals surface area (Å²) in [6.07, 6.45) is 3.32. The van der Waals surface area contributed by atoms with E-state index in [1.165, 1.54) is 19.1 Å². The summed E-state index contributed by atoms with van der Waals surface area (Å²) >= 11 is 0. The zero-order valence-electron chi connectivity index (χ0n) is 15.1. The van der Waals surface area contributed by atoms with Crippen LogP contribution in [0.15, 0.2) is 34.9 Å². The number of carbonyl (C=O) groups excluding carboxylic acids is 1. The number of aliphatic hydroxyl groups is 4. The number of rotatable bonds is 9. The Bertz CT molecular complexity index is 601. The first-order valence-corrected chi connectivity index (χ1v) is 8.69. The van der Waals surface area contributed by atoms with Crippen LogP contribution in [0, 0.1) is 5.92 Å². The van der Waals surface area contributed by atoms with E-state index in [0.29, 0.717) is 12.8 Å². The average Bonchev–Trinajstić information content (AvgIpc) is 2.58. The highest BCUT2D eigenvalue weighted by molar-refractivity contribution is 6.02. The van der Waals surface area contributed by atoms with E-state index in [4.69, 9.17) is 5.11 Å². The van der Waals surface area contributed by atoms with Crippen molar-refractivity contribution < 1.29 is 35.1 Å². The van der Waals surface area contributed by atoms with Gasteiger partial charge in [-0.25, -0.2) is 4.79 Å². The zero-order chi connectivity index (χ0) is 19.9. The van der Waals surface area contributed by atoms with Crippen molar-refractivity contribution in [2.75, 3.05) is 6.61 Å².